The molecule has 0 aliphatic carbocycles. The van der Waals surface area contributed by atoms with Gasteiger partial charge < -0.3 is 10.1 Å². The molecule has 192 valence electrons. The molecule has 0 saturated carbocycles. The maximum absolute atomic E-state index is 12.9. The molecule has 1 aromatic heterocycles. The number of ether oxygens (including phenoxy) is 1. The molecule has 1 N–H and O–H groups in total. The van der Waals surface area contributed by atoms with Gasteiger partial charge in [0.1, 0.15) is 5.00 Å². The third kappa shape index (κ3) is 5.03. The van der Waals surface area contributed by atoms with E-state index >= 15 is 0 Å². The number of carbonyl (C=O) groups excluding carboxylic acids is 4. The number of anilines is 1. The number of benzene rings is 2. The van der Waals surface area contributed by atoms with Crippen molar-refractivity contribution in [2.24, 2.45) is 0 Å². The number of nitrogens with zero attached hydrogens (tertiary/aromatic N) is 2. The van der Waals surface area contributed by atoms with Crippen molar-refractivity contribution in [1.82, 2.24) is 9.21 Å². The Morgan fingerprint density at radius 3 is 2.14 bits per heavy atom. The predicted molar refractivity (Wildman–Crippen MR) is 136 cm³/mol. The Hall–Kier alpha value is -3.87. The van der Waals surface area contributed by atoms with E-state index in [0.717, 1.165) is 20.5 Å². The van der Waals surface area contributed by atoms with E-state index in [4.69, 9.17) is 4.74 Å². The summed E-state index contributed by atoms with van der Waals surface area (Å²) < 4.78 is 30.7. The minimum atomic E-state index is -3.66. The molecule has 2 aromatic carbocycles. The monoisotopic (exact) mass is 541 g/mol. The van der Waals surface area contributed by atoms with Crippen LogP contribution in [-0.2, 0) is 21.3 Å². The summed E-state index contributed by atoms with van der Waals surface area (Å²) in [7, 11) is -0.845. The van der Waals surface area contributed by atoms with E-state index in [9.17, 15) is 27.6 Å². The molecule has 37 heavy (non-hydrogen) atoms. The lowest BCUT2D eigenvalue weighted by molar-refractivity contribution is 0.0527. The Balaban J connectivity index is 1.58. The van der Waals surface area contributed by atoms with Crippen LogP contribution in [0.3, 0.4) is 0 Å². The minimum absolute atomic E-state index is 0.0283. The summed E-state index contributed by atoms with van der Waals surface area (Å²) in [5.41, 5.74) is 0.868. The molecule has 0 unspecified atom stereocenters. The summed E-state index contributed by atoms with van der Waals surface area (Å²) in [4.78, 5) is 52.6. The van der Waals surface area contributed by atoms with Crippen molar-refractivity contribution in [1.29, 1.82) is 0 Å². The Kier molecular flexibility index (Phi) is 7.25. The van der Waals surface area contributed by atoms with Crippen LogP contribution in [0.5, 0.6) is 0 Å². The highest BCUT2D eigenvalue weighted by Crippen LogP contribution is 2.33. The first kappa shape index (κ1) is 26.2. The van der Waals surface area contributed by atoms with Crippen molar-refractivity contribution in [3.05, 3.63) is 81.7 Å². The molecular weight excluding hydrogens is 518 g/mol. The summed E-state index contributed by atoms with van der Waals surface area (Å²) >= 11 is 1.04. The van der Waals surface area contributed by atoms with Crippen LogP contribution in [0.15, 0.2) is 59.5 Å². The number of hydrogen-bond donors (Lipinski definition) is 1. The molecule has 3 amide bonds. The van der Waals surface area contributed by atoms with Crippen LogP contribution in [0.4, 0.5) is 5.00 Å². The van der Waals surface area contributed by atoms with Crippen LogP contribution < -0.4 is 5.32 Å². The normalized spacial score (nSPS) is 13.1. The molecule has 1 aliphatic heterocycles. The van der Waals surface area contributed by atoms with E-state index in [-0.39, 0.29) is 34.2 Å². The average Bonchev–Trinajstić information content (AvgIpc) is 3.38. The standard InChI is InChI=1S/C25H23N3O7S2/c1-4-35-25(32)20-13-16(14-28-23(30)18-7-5-6-8-19(18)24(28)31)36-22(20)26-21(29)15-9-11-17(12-10-15)37(33,34)27(2)3/h5-13H,4,14H2,1-3H3,(H,26,29). The quantitative estimate of drug-likeness (QED) is 0.342. The summed E-state index contributed by atoms with van der Waals surface area (Å²) in [5, 5.41) is 2.84. The second-order valence-electron chi connectivity index (χ2n) is 8.18. The zero-order valence-electron chi connectivity index (χ0n) is 20.2. The second kappa shape index (κ2) is 10.2. The number of sulfonamides is 1. The van der Waals surface area contributed by atoms with Crippen LogP contribution in [-0.4, -0.2) is 62.0 Å². The number of fused-ring (bicyclic) bond motifs is 1. The van der Waals surface area contributed by atoms with Crippen LogP contribution in [0, 0.1) is 0 Å². The number of thiophene rings is 1. The molecule has 0 saturated heterocycles. The van der Waals surface area contributed by atoms with E-state index in [1.54, 1.807) is 31.2 Å². The molecule has 3 aromatic rings. The van der Waals surface area contributed by atoms with Gasteiger partial charge in [0.15, 0.2) is 0 Å². The zero-order valence-corrected chi connectivity index (χ0v) is 21.8. The molecule has 4 rings (SSSR count). The first-order valence-corrected chi connectivity index (χ1v) is 13.4. The topological polar surface area (TPSA) is 130 Å². The van der Waals surface area contributed by atoms with Crippen LogP contribution >= 0.6 is 11.3 Å². The lowest BCUT2D eigenvalue weighted by atomic mass is 10.1. The van der Waals surface area contributed by atoms with E-state index in [1.807, 2.05) is 0 Å². The maximum Gasteiger partial charge on any atom is 0.341 e. The number of esters is 1. The molecule has 10 nitrogen and oxygen atoms in total. The van der Waals surface area contributed by atoms with Crippen molar-refractivity contribution >= 4 is 50.1 Å². The fraction of sp³-hybridized carbons (Fsp3) is 0.200. The minimum Gasteiger partial charge on any atom is -0.462 e. The summed E-state index contributed by atoms with van der Waals surface area (Å²) in [6.45, 7) is 1.67. The van der Waals surface area contributed by atoms with Gasteiger partial charge in [0.05, 0.1) is 34.7 Å². The van der Waals surface area contributed by atoms with Crippen molar-refractivity contribution in [2.75, 3.05) is 26.0 Å². The molecule has 12 heteroatoms. The first-order valence-electron chi connectivity index (χ1n) is 11.1. The largest absolute Gasteiger partial charge is 0.462 e. The highest BCUT2D eigenvalue weighted by atomic mass is 32.2. The lowest BCUT2D eigenvalue weighted by Crippen LogP contribution is -2.28. The van der Waals surface area contributed by atoms with Gasteiger partial charge >= 0.3 is 5.97 Å². The van der Waals surface area contributed by atoms with Gasteiger partial charge in [-0.1, -0.05) is 12.1 Å². The number of nitrogens with one attached hydrogen (secondary N) is 1. The summed E-state index contributed by atoms with van der Waals surface area (Å²) in [6, 6.07) is 13.3. The van der Waals surface area contributed by atoms with Crippen molar-refractivity contribution in [3.63, 3.8) is 0 Å². The molecule has 0 atom stereocenters. The number of amides is 3. The van der Waals surface area contributed by atoms with Crippen molar-refractivity contribution < 1.29 is 32.3 Å². The highest BCUT2D eigenvalue weighted by molar-refractivity contribution is 7.89. The highest BCUT2D eigenvalue weighted by Gasteiger charge is 2.35. The molecular formula is C25H23N3O7S2. The van der Waals surface area contributed by atoms with Gasteiger partial charge in [-0.3, -0.25) is 19.3 Å². The molecule has 2 heterocycles. The van der Waals surface area contributed by atoms with Gasteiger partial charge in [-0.15, -0.1) is 11.3 Å². The fourth-order valence-electron chi connectivity index (χ4n) is 3.68. The fourth-order valence-corrected chi connectivity index (χ4v) is 5.61. The van der Waals surface area contributed by atoms with Crippen LogP contribution in [0.1, 0.15) is 53.2 Å². The number of imide groups is 1. The van der Waals surface area contributed by atoms with Gasteiger partial charge in [-0.05, 0) is 49.4 Å². The average molecular weight is 542 g/mol. The number of rotatable bonds is 8. The zero-order chi connectivity index (χ0) is 26.9. The Morgan fingerprint density at radius 1 is 1.00 bits per heavy atom. The first-order chi connectivity index (χ1) is 17.5. The second-order valence-corrected chi connectivity index (χ2v) is 11.5. The third-order valence-electron chi connectivity index (χ3n) is 5.59. The Morgan fingerprint density at radius 2 is 1.59 bits per heavy atom. The summed E-state index contributed by atoms with van der Waals surface area (Å²) in [5.74, 6) is -2.13. The number of hydrogen-bond acceptors (Lipinski definition) is 8. The lowest BCUT2D eigenvalue weighted by Gasteiger charge is -2.12. The van der Waals surface area contributed by atoms with E-state index in [2.05, 4.69) is 5.32 Å². The van der Waals surface area contributed by atoms with Crippen LogP contribution in [0.2, 0.25) is 0 Å². The van der Waals surface area contributed by atoms with E-state index in [0.29, 0.717) is 16.0 Å². The van der Waals surface area contributed by atoms with E-state index < -0.39 is 33.7 Å². The Labute approximate surface area is 217 Å². The van der Waals surface area contributed by atoms with Gasteiger partial charge in [-0.2, -0.15) is 0 Å². The van der Waals surface area contributed by atoms with Crippen molar-refractivity contribution in [2.45, 2.75) is 18.4 Å². The molecule has 0 fully saturated rings. The SMILES string of the molecule is CCOC(=O)c1cc(CN2C(=O)c3ccccc3C2=O)sc1NC(=O)c1ccc(S(=O)(=O)N(C)C)cc1. The smallest absolute Gasteiger partial charge is 0.341 e. The van der Waals surface area contributed by atoms with Gasteiger partial charge in [0, 0.05) is 24.5 Å². The Bertz CT molecular complexity index is 1470. The van der Waals surface area contributed by atoms with Gasteiger partial charge in [0.25, 0.3) is 17.7 Å². The van der Waals surface area contributed by atoms with E-state index in [1.165, 1.54) is 44.4 Å². The molecule has 1 aliphatic rings. The van der Waals surface area contributed by atoms with Gasteiger partial charge in [-0.25, -0.2) is 17.5 Å². The number of carbonyl (C=O) groups is 4. The van der Waals surface area contributed by atoms with Crippen molar-refractivity contribution in [3.8, 4) is 0 Å². The summed E-state index contributed by atoms with van der Waals surface area (Å²) in [6.07, 6.45) is 0. The molecule has 0 spiro atoms. The molecule has 0 bridgehead atoms. The van der Waals surface area contributed by atoms with Crippen LogP contribution in [0.25, 0.3) is 0 Å². The predicted octanol–water partition coefficient (Wildman–Crippen LogP) is 3.22. The third-order valence-corrected chi connectivity index (χ3v) is 8.46. The van der Waals surface area contributed by atoms with Gasteiger partial charge in [0.2, 0.25) is 10.0 Å². The molecule has 0 radical (unpaired) electrons. The maximum atomic E-state index is 12.9.